The van der Waals surface area contributed by atoms with Crippen LogP contribution in [-0.4, -0.2) is 64.1 Å². The fourth-order valence-electron chi connectivity index (χ4n) is 5.73. The van der Waals surface area contributed by atoms with Crippen molar-refractivity contribution in [2.45, 2.75) is 74.3 Å². The van der Waals surface area contributed by atoms with E-state index in [1.807, 2.05) is 24.8 Å². The van der Waals surface area contributed by atoms with Crippen molar-refractivity contribution in [3.05, 3.63) is 35.5 Å². The molecule has 0 amide bonds. The molecule has 2 saturated heterocycles. The molecular weight excluding hydrogens is 499 g/mol. The van der Waals surface area contributed by atoms with Crippen molar-refractivity contribution in [2.75, 3.05) is 43.4 Å². The molecule has 0 radical (unpaired) electrons. The van der Waals surface area contributed by atoms with Crippen LogP contribution in [0.5, 0.6) is 0 Å². The highest BCUT2D eigenvalue weighted by molar-refractivity contribution is 8.00. The highest BCUT2D eigenvalue weighted by Gasteiger charge is 2.45. The quantitative estimate of drug-likeness (QED) is 0.497. The van der Waals surface area contributed by atoms with E-state index in [9.17, 15) is 18.3 Å². The van der Waals surface area contributed by atoms with E-state index >= 15 is 0 Å². The van der Waals surface area contributed by atoms with Crippen molar-refractivity contribution in [3.8, 4) is 0 Å². The summed E-state index contributed by atoms with van der Waals surface area (Å²) < 4.78 is 41.1. The van der Waals surface area contributed by atoms with Crippen LogP contribution in [0.3, 0.4) is 0 Å². The molecule has 3 aliphatic rings. The average Bonchev–Trinajstić information content (AvgIpc) is 2.80. The Labute approximate surface area is 221 Å². The Morgan fingerprint density at radius 2 is 1.76 bits per heavy atom. The van der Waals surface area contributed by atoms with Crippen molar-refractivity contribution >= 4 is 29.2 Å². The van der Waals surface area contributed by atoms with Crippen LogP contribution < -0.4 is 10.2 Å². The average molecular weight is 536 g/mol. The fourth-order valence-corrected chi connectivity index (χ4v) is 7.38. The normalized spacial score (nSPS) is 22.2. The fraction of sp³-hybridized carbons (Fsp3) is 0.630. The van der Waals surface area contributed by atoms with Crippen LogP contribution in [-0.2, 0) is 6.18 Å². The summed E-state index contributed by atoms with van der Waals surface area (Å²) in [6.45, 7) is 6.70. The Bertz CT molecular complexity index is 1120. The number of hydrogen-bond donors (Lipinski definition) is 2. The number of anilines is 3. The van der Waals surface area contributed by atoms with E-state index in [4.69, 9.17) is 0 Å². The molecule has 2 aromatic rings. The first-order valence-electron chi connectivity index (χ1n) is 13.1. The Morgan fingerprint density at radius 3 is 2.38 bits per heavy atom. The van der Waals surface area contributed by atoms with E-state index < -0.39 is 17.3 Å². The van der Waals surface area contributed by atoms with E-state index in [0.29, 0.717) is 36.6 Å². The number of thioether (sulfide) groups is 1. The van der Waals surface area contributed by atoms with Crippen molar-refractivity contribution in [1.29, 1.82) is 0 Å². The third kappa shape index (κ3) is 6.01. The summed E-state index contributed by atoms with van der Waals surface area (Å²) in [5.41, 5.74) is 0.593. The van der Waals surface area contributed by atoms with Gasteiger partial charge in [-0.15, -0.1) is 11.8 Å². The number of halogens is 3. The molecule has 0 atom stereocenters. The van der Waals surface area contributed by atoms with Gasteiger partial charge in [0.15, 0.2) is 0 Å². The van der Waals surface area contributed by atoms with Gasteiger partial charge in [0.05, 0.1) is 5.60 Å². The third-order valence-electron chi connectivity index (χ3n) is 8.33. The number of hydrogen-bond acceptors (Lipinski definition) is 7. The number of aromatic nitrogens is 2. The first kappa shape index (κ1) is 26.6. The molecule has 1 saturated carbocycles. The second-order valence-corrected chi connectivity index (χ2v) is 12.8. The van der Waals surface area contributed by atoms with Gasteiger partial charge >= 0.3 is 6.18 Å². The maximum atomic E-state index is 13.7. The van der Waals surface area contributed by atoms with Crippen LogP contribution in [0.25, 0.3) is 0 Å². The summed E-state index contributed by atoms with van der Waals surface area (Å²) in [4.78, 5) is 13.5. The van der Waals surface area contributed by atoms with E-state index in [2.05, 4.69) is 39.4 Å². The van der Waals surface area contributed by atoms with Crippen LogP contribution in [0.15, 0.2) is 29.3 Å². The van der Waals surface area contributed by atoms with Gasteiger partial charge in [0.25, 0.3) is 0 Å². The molecule has 1 spiro atoms. The van der Waals surface area contributed by atoms with Gasteiger partial charge < -0.3 is 20.2 Å². The minimum Gasteiger partial charge on any atom is -0.390 e. The summed E-state index contributed by atoms with van der Waals surface area (Å²) in [6, 6.07) is 6.15. The lowest BCUT2D eigenvalue weighted by Crippen LogP contribution is -2.47. The number of piperidine rings is 2. The maximum Gasteiger partial charge on any atom is 0.421 e. The third-order valence-corrected chi connectivity index (χ3v) is 9.52. The van der Waals surface area contributed by atoms with E-state index in [-0.39, 0.29) is 11.8 Å². The lowest BCUT2D eigenvalue weighted by molar-refractivity contribution is -0.137. The lowest BCUT2D eigenvalue weighted by Gasteiger charge is -2.51. The summed E-state index contributed by atoms with van der Waals surface area (Å²) in [5.74, 6) is -0.00909. The summed E-state index contributed by atoms with van der Waals surface area (Å²) in [5, 5.41) is 14.0. The van der Waals surface area contributed by atoms with Gasteiger partial charge in [-0.05, 0) is 102 Å². The molecule has 2 aliphatic heterocycles. The summed E-state index contributed by atoms with van der Waals surface area (Å²) in [7, 11) is 2.20. The number of alkyl halides is 3. The van der Waals surface area contributed by atoms with Gasteiger partial charge in [-0.25, -0.2) is 4.98 Å². The van der Waals surface area contributed by atoms with E-state index in [1.165, 1.54) is 43.7 Å². The molecule has 5 rings (SSSR count). The number of rotatable bonds is 5. The molecule has 0 bridgehead atoms. The van der Waals surface area contributed by atoms with E-state index in [1.54, 1.807) is 11.8 Å². The first-order valence-corrected chi connectivity index (χ1v) is 13.9. The summed E-state index contributed by atoms with van der Waals surface area (Å²) in [6.07, 6.45) is 2.21. The molecule has 2 N–H and O–H groups in total. The van der Waals surface area contributed by atoms with Gasteiger partial charge in [0.2, 0.25) is 5.95 Å². The molecule has 202 valence electrons. The van der Waals surface area contributed by atoms with Gasteiger partial charge in [-0.1, -0.05) is 0 Å². The number of benzene rings is 1. The molecule has 10 heteroatoms. The standard InChI is InChI=1S/C27H36F3N5OS/c1-18-14-19(37-20-15-26(16-20)8-10-34(3)11-9-26)4-5-22(18)32-24-31-17-21(27(28,29)30)23(33-24)35-12-6-25(2,36)7-13-35/h4-5,14,17,20,36H,6-13,15-16H2,1-3H3,(H,31,32,33). The number of aryl methyl sites for hydroxylation is 1. The molecule has 3 heterocycles. The van der Waals surface area contributed by atoms with Gasteiger partial charge in [-0.2, -0.15) is 18.2 Å². The van der Waals surface area contributed by atoms with E-state index in [0.717, 1.165) is 17.4 Å². The van der Waals surface area contributed by atoms with Crippen molar-refractivity contribution < 1.29 is 18.3 Å². The smallest absolute Gasteiger partial charge is 0.390 e. The Morgan fingerprint density at radius 1 is 1.08 bits per heavy atom. The molecule has 1 aromatic carbocycles. The highest BCUT2D eigenvalue weighted by Crippen LogP contribution is 2.54. The van der Waals surface area contributed by atoms with Gasteiger partial charge in [-0.3, -0.25) is 0 Å². The largest absolute Gasteiger partial charge is 0.421 e. The topological polar surface area (TPSA) is 64.5 Å². The number of nitrogens with one attached hydrogen (secondary N) is 1. The zero-order valence-electron chi connectivity index (χ0n) is 21.7. The van der Waals surface area contributed by atoms with Crippen LogP contribution in [0.1, 0.15) is 56.6 Å². The SMILES string of the molecule is Cc1cc(SC2CC3(CCN(C)CC3)C2)ccc1Nc1ncc(C(F)(F)F)c(N2CCC(C)(O)CC2)n1. The van der Waals surface area contributed by atoms with Crippen LogP contribution in [0, 0.1) is 12.3 Å². The Balaban J connectivity index is 1.26. The highest BCUT2D eigenvalue weighted by atomic mass is 32.2. The van der Waals surface area contributed by atoms with Gasteiger partial charge in [0, 0.05) is 35.1 Å². The van der Waals surface area contributed by atoms with Crippen LogP contribution >= 0.6 is 11.8 Å². The molecule has 37 heavy (non-hydrogen) atoms. The predicted octanol–water partition coefficient (Wildman–Crippen LogP) is 5.87. The zero-order valence-corrected chi connectivity index (χ0v) is 22.6. The van der Waals surface area contributed by atoms with Crippen LogP contribution in [0.4, 0.5) is 30.6 Å². The minimum absolute atomic E-state index is 0.132. The first-order chi connectivity index (χ1) is 17.4. The second-order valence-electron chi connectivity index (χ2n) is 11.5. The molecule has 1 aromatic heterocycles. The molecular formula is C27H36F3N5OS. The lowest BCUT2D eigenvalue weighted by atomic mass is 9.63. The van der Waals surface area contributed by atoms with Crippen molar-refractivity contribution in [3.63, 3.8) is 0 Å². The number of likely N-dealkylation sites (tertiary alicyclic amines) is 1. The maximum absolute atomic E-state index is 13.7. The molecule has 0 unspecified atom stereocenters. The molecule has 6 nitrogen and oxygen atoms in total. The Hall–Kier alpha value is -2.04. The van der Waals surface area contributed by atoms with Crippen molar-refractivity contribution in [2.24, 2.45) is 5.41 Å². The molecule has 3 fully saturated rings. The van der Waals surface area contributed by atoms with Crippen LogP contribution in [0.2, 0.25) is 0 Å². The minimum atomic E-state index is -4.56. The summed E-state index contributed by atoms with van der Waals surface area (Å²) >= 11 is 1.93. The van der Waals surface area contributed by atoms with Crippen molar-refractivity contribution in [1.82, 2.24) is 14.9 Å². The predicted molar refractivity (Wildman–Crippen MR) is 142 cm³/mol. The zero-order chi connectivity index (χ0) is 26.4. The number of nitrogens with zero attached hydrogens (tertiary/aromatic N) is 4. The monoisotopic (exact) mass is 535 g/mol. The second kappa shape index (κ2) is 9.93. The Kier molecular flexibility index (Phi) is 7.13. The number of aliphatic hydroxyl groups is 1. The molecule has 1 aliphatic carbocycles. The van der Waals surface area contributed by atoms with Gasteiger partial charge in [0.1, 0.15) is 11.4 Å².